The number of imidazole rings is 2. The molecule has 5 N–H and O–H groups in total. The number of halogens is 1. The number of nitrogens with zero attached hydrogens (tertiary/aromatic N) is 6. The van der Waals surface area contributed by atoms with E-state index < -0.39 is 23.9 Å². The van der Waals surface area contributed by atoms with Crippen LogP contribution >= 0.6 is 0 Å². The van der Waals surface area contributed by atoms with Gasteiger partial charge in [0.1, 0.15) is 23.5 Å². The number of piperidine rings is 1. The molecule has 2 aromatic carbocycles. The fraction of sp³-hybridized carbons (Fsp3) is 0.278. The second-order valence-corrected chi connectivity index (χ2v) is 11.9. The third-order valence-electron chi connectivity index (χ3n) is 8.20. The number of H-pyrrole nitrogens is 1. The number of para-hydroxylation sites is 2. The molecule has 5 aromatic rings. The Morgan fingerprint density at radius 3 is 2.04 bits per heavy atom. The average molecular weight is 732 g/mol. The van der Waals surface area contributed by atoms with Crippen molar-refractivity contribution in [2.75, 3.05) is 19.6 Å². The molecule has 0 radical (unpaired) electrons. The Kier molecular flexibility index (Phi) is 14.2. The van der Waals surface area contributed by atoms with Crippen LogP contribution in [-0.4, -0.2) is 97.9 Å². The molecule has 0 unspecified atom stereocenters. The van der Waals surface area contributed by atoms with Crippen molar-refractivity contribution in [2.45, 2.75) is 38.8 Å². The van der Waals surface area contributed by atoms with Gasteiger partial charge in [-0.1, -0.05) is 24.3 Å². The SMILES string of the molecule is O=C(O)C=CC(=O)O.O=C(O)C=CC(=O)O.O=c1[nH]c2ccccc2n1CCCN1CCC(Cc2nc3cncnc3n2Cc2ccc(F)cc2)CC1. The minimum absolute atomic E-state index is 0.0341. The van der Waals surface area contributed by atoms with E-state index in [-0.39, 0.29) is 11.5 Å². The highest BCUT2D eigenvalue weighted by molar-refractivity contribution is 5.90. The number of aromatic amines is 1. The van der Waals surface area contributed by atoms with Crippen molar-refractivity contribution in [3.05, 3.63) is 113 Å². The summed E-state index contributed by atoms with van der Waals surface area (Å²) in [5, 5.41) is 31.2. The summed E-state index contributed by atoms with van der Waals surface area (Å²) in [6.07, 6.45) is 9.59. The number of aromatic nitrogens is 6. The summed E-state index contributed by atoms with van der Waals surface area (Å²) >= 11 is 0. The molecular weight excluding hydrogens is 693 g/mol. The van der Waals surface area contributed by atoms with Gasteiger partial charge in [-0.2, -0.15) is 0 Å². The van der Waals surface area contributed by atoms with Crippen LogP contribution in [0.1, 0.15) is 30.7 Å². The predicted octanol–water partition coefficient (Wildman–Crippen LogP) is 3.43. The fourth-order valence-electron chi connectivity index (χ4n) is 5.76. The van der Waals surface area contributed by atoms with Gasteiger partial charge in [0.2, 0.25) is 0 Å². The van der Waals surface area contributed by atoms with Crippen LogP contribution in [-0.2, 0) is 38.7 Å². The van der Waals surface area contributed by atoms with Crippen molar-refractivity contribution in [3.8, 4) is 0 Å². The van der Waals surface area contributed by atoms with E-state index in [4.69, 9.17) is 25.4 Å². The van der Waals surface area contributed by atoms with Gasteiger partial charge in [-0.3, -0.25) is 4.57 Å². The second kappa shape index (κ2) is 19.2. The molecule has 4 heterocycles. The van der Waals surface area contributed by atoms with E-state index >= 15 is 0 Å². The normalized spacial score (nSPS) is 13.5. The van der Waals surface area contributed by atoms with Crippen LogP contribution in [0.2, 0.25) is 0 Å². The van der Waals surface area contributed by atoms with Crippen molar-refractivity contribution in [1.82, 2.24) is 34.0 Å². The van der Waals surface area contributed by atoms with Gasteiger partial charge in [0.05, 0.1) is 23.8 Å². The molecule has 1 fully saturated rings. The van der Waals surface area contributed by atoms with Gasteiger partial charge in [-0.05, 0) is 74.6 Å². The first kappa shape index (κ1) is 39.3. The summed E-state index contributed by atoms with van der Waals surface area (Å²) in [6, 6.07) is 14.5. The maximum Gasteiger partial charge on any atom is 0.328 e. The fourth-order valence-corrected chi connectivity index (χ4v) is 5.76. The number of carbonyl (C=O) groups is 4. The number of aliphatic carboxylic acids is 4. The second-order valence-electron chi connectivity index (χ2n) is 11.9. The van der Waals surface area contributed by atoms with E-state index in [2.05, 4.69) is 24.4 Å². The van der Waals surface area contributed by atoms with Gasteiger partial charge in [0.25, 0.3) is 0 Å². The van der Waals surface area contributed by atoms with Crippen molar-refractivity contribution in [1.29, 1.82) is 0 Å². The predicted molar refractivity (Wildman–Crippen MR) is 190 cm³/mol. The summed E-state index contributed by atoms with van der Waals surface area (Å²) in [6.45, 7) is 4.40. The van der Waals surface area contributed by atoms with E-state index in [0.717, 1.165) is 85.4 Å². The zero-order chi connectivity index (χ0) is 38.3. The highest BCUT2D eigenvalue weighted by Gasteiger charge is 2.23. The molecule has 0 spiro atoms. The maximum absolute atomic E-state index is 13.4. The largest absolute Gasteiger partial charge is 0.478 e. The Bertz CT molecular complexity index is 2080. The van der Waals surface area contributed by atoms with Gasteiger partial charge < -0.3 is 34.9 Å². The first-order valence-corrected chi connectivity index (χ1v) is 16.5. The van der Waals surface area contributed by atoms with E-state index in [1.807, 2.05) is 41.0 Å². The number of nitrogens with one attached hydrogen (secondary N) is 1. The van der Waals surface area contributed by atoms with Crippen LogP contribution in [0.5, 0.6) is 0 Å². The first-order valence-electron chi connectivity index (χ1n) is 16.5. The zero-order valence-corrected chi connectivity index (χ0v) is 28.4. The van der Waals surface area contributed by atoms with Gasteiger partial charge >= 0.3 is 29.6 Å². The Balaban J connectivity index is 0.000000329. The number of aryl methyl sites for hydroxylation is 1. The number of carboxylic acid groups (broad SMARTS) is 4. The molecule has 53 heavy (non-hydrogen) atoms. The summed E-state index contributed by atoms with van der Waals surface area (Å²) in [5.41, 5.74) is 4.46. The lowest BCUT2D eigenvalue weighted by Crippen LogP contribution is -2.36. The molecule has 1 aliphatic heterocycles. The van der Waals surface area contributed by atoms with Crippen LogP contribution in [0, 0.1) is 11.7 Å². The molecule has 17 heteroatoms. The summed E-state index contributed by atoms with van der Waals surface area (Å²) in [7, 11) is 0. The average Bonchev–Trinajstić information content (AvgIpc) is 3.64. The smallest absolute Gasteiger partial charge is 0.328 e. The molecule has 0 amide bonds. The number of hydrogen-bond donors (Lipinski definition) is 5. The van der Waals surface area contributed by atoms with Crippen LogP contribution in [0.4, 0.5) is 4.39 Å². The van der Waals surface area contributed by atoms with Crippen molar-refractivity contribution in [2.24, 2.45) is 5.92 Å². The number of fused-ring (bicyclic) bond motifs is 2. The Morgan fingerprint density at radius 2 is 1.43 bits per heavy atom. The molecule has 1 saturated heterocycles. The van der Waals surface area contributed by atoms with Gasteiger partial charge in [0, 0.05) is 37.3 Å². The lowest BCUT2D eigenvalue weighted by atomic mass is 9.93. The molecule has 6 rings (SSSR count). The van der Waals surface area contributed by atoms with E-state index in [1.165, 1.54) is 12.1 Å². The lowest BCUT2D eigenvalue weighted by Gasteiger charge is -2.32. The lowest BCUT2D eigenvalue weighted by molar-refractivity contribution is -0.134. The quantitative estimate of drug-likeness (QED) is 0.116. The molecule has 16 nitrogen and oxygen atoms in total. The van der Waals surface area contributed by atoms with Gasteiger partial charge in [-0.15, -0.1) is 0 Å². The monoisotopic (exact) mass is 731 g/mol. The third kappa shape index (κ3) is 12.4. The summed E-state index contributed by atoms with van der Waals surface area (Å²) in [5.74, 6) is -3.71. The summed E-state index contributed by atoms with van der Waals surface area (Å²) < 4.78 is 17.4. The molecular formula is C36H38FN7O9. The third-order valence-corrected chi connectivity index (χ3v) is 8.20. The highest BCUT2D eigenvalue weighted by atomic mass is 19.1. The Labute approximate surface area is 301 Å². The minimum Gasteiger partial charge on any atom is -0.478 e. The highest BCUT2D eigenvalue weighted by Crippen LogP contribution is 2.24. The number of benzene rings is 2. The van der Waals surface area contributed by atoms with E-state index in [9.17, 15) is 28.4 Å². The minimum atomic E-state index is -1.26. The molecule has 0 saturated carbocycles. The maximum atomic E-state index is 13.4. The number of rotatable bonds is 12. The zero-order valence-electron chi connectivity index (χ0n) is 28.4. The number of likely N-dealkylation sites (tertiary alicyclic amines) is 1. The number of carboxylic acids is 4. The Hall–Kier alpha value is -6.49. The Morgan fingerprint density at radius 1 is 0.830 bits per heavy atom. The van der Waals surface area contributed by atoms with Crippen LogP contribution in [0.25, 0.3) is 22.2 Å². The molecule has 0 aliphatic carbocycles. The van der Waals surface area contributed by atoms with Crippen molar-refractivity contribution in [3.63, 3.8) is 0 Å². The summed E-state index contributed by atoms with van der Waals surface area (Å²) in [4.78, 5) is 69.5. The van der Waals surface area contributed by atoms with Crippen LogP contribution in [0.3, 0.4) is 0 Å². The van der Waals surface area contributed by atoms with Gasteiger partial charge in [0.15, 0.2) is 5.65 Å². The molecule has 278 valence electrons. The number of hydrogen-bond acceptors (Lipinski definition) is 9. The molecule has 0 atom stereocenters. The van der Waals surface area contributed by atoms with E-state index in [1.54, 1.807) is 12.5 Å². The standard InChI is InChI=1S/C28H30FN7O.2C4H4O4/c29-22-8-6-21(7-9-22)18-36-26(32-24-17-30-19-31-27(24)36)16-20-10-14-34(15-11-20)12-3-13-35-25-5-2-1-4-23(25)33-28(35)37;2*5-3(6)1-2-4(7)8/h1-2,4-9,17,19-20H,3,10-16,18H2,(H,33,37);2*1-2H,(H,5,6)(H,7,8). The first-order chi connectivity index (χ1) is 25.4. The van der Waals surface area contributed by atoms with E-state index in [0.29, 0.717) is 36.8 Å². The topological polar surface area (TPSA) is 234 Å². The van der Waals surface area contributed by atoms with Crippen molar-refractivity contribution < 1.29 is 44.0 Å². The molecule has 3 aromatic heterocycles. The van der Waals surface area contributed by atoms with Crippen LogP contribution < -0.4 is 5.69 Å². The van der Waals surface area contributed by atoms with Gasteiger partial charge in [-0.25, -0.2) is 43.3 Å². The molecule has 1 aliphatic rings. The van der Waals surface area contributed by atoms with Crippen molar-refractivity contribution >= 4 is 46.1 Å². The van der Waals surface area contributed by atoms with Crippen LogP contribution in [0.15, 0.2) is 90.2 Å². The molecule has 0 bridgehead atoms.